The number of carbonyl (C=O) groups is 1. The third-order valence-electron chi connectivity index (χ3n) is 4.42. The van der Waals surface area contributed by atoms with Crippen LogP contribution in [-0.2, 0) is 0 Å². The first kappa shape index (κ1) is 21.4. The molecule has 1 heterocycles. The summed E-state index contributed by atoms with van der Waals surface area (Å²) in [6.07, 6.45) is 0.809. The minimum atomic E-state index is -0.156. The predicted molar refractivity (Wildman–Crippen MR) is 119 cm³/mol. The lowest BCUT2D eigenvalue weighted by Gasteiger charge is -2.21. The molecule has 0 aliphatic carbocycles. The van der Waals surface area contributed by atoms with Gasteiger partial charge in [0.2, 0.25) is 0 Å². The number of hydrogen-bond acceptors (Lipinski definition) is 6. The fourth-order valence-corrected chi connectivity index (χ4v) is 4.22. The number of anilines is 1. The van der Waals surface area contributed by atoms with Crippen molar-refractivity contribution in [1.82, 2.24) is 9.88 Å². The third kappa shape index (κ3) is 4.98. The number of hydrogen-bond donors (Lipinski definition) is 0. The molecule has 0 N–H and O–H groups in total. The first-order chi connectivity index (χ1) is 13.9. The molecule has 8 heteroatoms. The summed E-state index contributed by atoms with van der Waals surface area (Å²) in [6.45, 7) is 1.39. The van der Waals surface area contributed by atoms with Crippen LogP contribution in [0.2, 0.25) is 5.02 Å². The van der Waals surface area contributed by atoms with E-state index < -0.39 is 0 Å². The van der Waals surface area contributed by atoms with Crippen molar-refractivity contribution >= 4 is 44.2 Å². The van der Waals surface area contributed by atoms with Crippen molar-refractivity contribution in [2.24, 2.45) is 0 Å². The molecule has 0 aliphatic rings. The molecule has 2 aromatic carbocycles. The second-order valence-electron chi connectivity index (χ2n) is 6.80. The number of aromatic nitrogens is 1. The number of para-hydroxylation sites is 1. The SMILES string of the molecule is COc1cc(OC)cc(C(=O)N(CCCN(C)C)c2nc3c(Cl)cccc3s2)c1. The van der Waals surface area contributed by atoms with Gasteiger partial charge in [0.05, 0.1) is 23.9 Å². The Morgan fingerprint density at radius 1 is 1.10 bits per heavy atom. The Kier molecular flexibility index (Phi) is 6.95. The number of carbonyl (C=O) groups excluding carboxylic acids is 1. The molecule has 0 saturated heterocycles. The van der Waals surface area contributed by atoms with E-state index in [1.165, 1.54) is 11.3 Å². The lowest BCUT2D eigenvalue weighted by molar-refractivity contribution is 0.0985. The van der Waals surface area contributed by atoms with Gasteiger partial charge >= 0.3 is 0 Å². The highest BCUT2D eigenvalue weighted by atomic mass is 35.5. The van der Waals surface area contributed by atoms with Crippen LogP contribution in [0.15, 0.2) is 36.4 Å². The summed E-state index contributed by atoms with van der Waals surface area (Å²) in [5.74, 6) is 0.970. The molecule has 0 unspecified atom stereocenters. The molecule has 3 aromatic rings. The molecule has 1 aromatic heterocycles. The van der Waals surface area contributed by atoms with Crippen LogP contribution in [0.25, 0.3) is 10.2 Å². The minimum absolute atomic E-state index is 0.156. The van der Waals surface area contributed by atoms with Gasteiger partial charge in [-0.05, 0) is 51.3 Å². The Hall–Kier alpha value is -2.35. The molecule has 0 radical (unpaired) electrons. The van der Waals surface area contributed by atoms with Gasteiger partial charge in [-0.2, -0.15) is 0 Å². The molecular weight excluding hydrogens is 410 g/mol. The van der Waals surface area contributed by atoms with Crippen LogP contribution in [0, 0.1) is 0 Å². The summed E-state index contributed by atoms with van der Waals surface area (Å²) < 4.78 is 11.6. The zero-order valence-corrected chi connectivity index (χ0v) is 18.5. The van der Waals surface area contributed by atoms with Gasteiger partial charge < -0.3 is 14.4 Å². The molecule has 154 valence electrons. The number of amides is 1. The van der Waals surface area contributed by atoms with E-state index in [1.54, 1.807) is 43.4 Å². The number of fused-ring (bicyclic) bond motifs is 1. The highest BCUT2D eigenvalue weighted by Crippen LogP contribution is 2.34. The first-order valence-electron chi connectivity index (χ1n) is 9.17. The lowest BCUT2D eigenvalue weighted by Crippen LogP contribution is -2.33. The topological polar surface area (TPSA) is 54.9 Å². The highest BCUT2D eigenvalue weighted by Gasteiger charge is 2.23. The molecule has 0 spiro atoms. The first-order valence-corrected chi connectivity index (χ1v) is 10.4. The van der Waals surface area contributed by atoms with Crippen molar-refractivity contribution in [2.75, 3.05) is 46.3 Å². The Morgan fingerprint density at radius 3 is 2.38 bits per heavy atom. The van der Waals surface area contributed by atoms with Gasteiger partial charge in [-0.25, -0.2) is 4.98 Å². The van der Waals surface area contributed by atoms with E-state index in [0.717, 1.165) is 17.7 Å². The summed E-state index contributed by atoms with van der Waals surface area (Å²) in [4.78, 5) is 21.9. The second kappa shape index (κ2) is 9.43. The summed E-state index contributed by atoms with van der Waals surface area (Å²) >= 11 is 7.75. The number of rotatable bonds is 8. The van der Waals surface area contributed by atoms with Gasteiger partial charge in [-0.15, -0.1) is 0 Å². The Balaban J connectivity index is 2.00. The maximum absolute atomic E-state index is 13.5. The zero-order valence-electron chi connectivity index (χ0n) is 16.9. The smallest absolute Gasteiger partial charge is 0.260 e. The summed E-state index contributed by atoms with van der Waals surface area (Å²) in [6, 6.07) is 10.8. The molecule has 0 fully saturated rings. The van der Waals surface area contributed by atoms with Crippen LogP contribution in [0.5, 0.6) is 11.5 Å². The maximum Gasteiger partial charge on any atom is 0.260 e. The molecule has 6 nitrogen and oxygen atoms in total. The fourth-order valence-electron chi connectivity index (χ4n) is 2.93. The summed E-state index contributed by atoms with van der Waals surface area (Å²) in [5.41, 5.74) is 1.19. The highest BCUT2D eigenvalue weighted by molar-refractivity contribution is 7.22. The maximum atomic E-state index is 13.5. The number of halogens is 1. The summed E-state index contributed by atoms with van der Waals surface area (Å²) in [7, 11) is 7.15. The van der Waals surface area contributed by atoms with E-state index in [9.17, 15) is 4.79 Å². The number of thiazole rings is 1. The predicted octanol–water partition coefficient (Wildman–Crippen LogP) is 4.57. The fraction of sp³-hybridized carbons (Fsp3) is 0.333. The molecule has 0 aliphatic heterocycles. The van der Waals surface area contributed by atoms with Crippen molar-refractivity contribution in [3.05, 3.63) is 47.0 Å². The van der Waals surface area contributed by atoms with Gasteiger partial charge in [-0.3, -0.25) is 9.69 Å². The van der Waals surface area contributed by atoms with Crippen molar-refractivity contribution in [3.8, 4) is 11.5 Å². The van der Waals surface area contributed by atoms with Crippen molar-refractivity contribution < 1.29 is 14.3 Å². The number of ether oxygens (including phenoxy) is 2. The number of nitrogens with zero attached hydrogens (tertiary/aromatic N) is 3. The minimum Gasteiger partial charge on any atom is -0.497 e. The Morgan fingerprint density at radius 2 is 1.79 bits per heavy atom. The van der Waals surface area contributed by atoms with Gasteiger partial charge in [-0.1, -0.05) is 29.0 Å². The normalized spacial score (nSPS) is 11.1. The van der Waals surface area contributed by atoms with E-state index in [1.807, 2.05) is 26.2 Å². The molecule has 1 amide bonds. The molecule has 0 atom stereocenters. The van der Waals surface area contributed by atoms with Gasteiger partial charge in [0.15, 0.2) is 5.13 Å². The van der Waals surface area contributed by atoms with Gasteiger partial charge in [0.25, 0.3) is 5.91 Å². The lowest BCUT2D eigenvalue weighted by atomic mass is 10.1. The van der Waals surface area contributed by atoms with Crippen LogP contribution in [0.3, 0.4) is 0 Å². The van der Waals surface area contributed by atoms with Crippen LogP contribution in [-0.4, -0.2) is 57.2 Å². The molecule has 3 rings (SSSR count). The van der Waals surface area contributed by atoms with E-state index in [-0.39, 0.29) is 5.91 Å². The molecular formula is C21H24ClN3O3S. The van der Waals surface area contributed by atoms with Gasteiger partial charge in [0, 0.05) is 18.2 Å². The van der Waals surface area contributed by atoms with Crippen molar-refractivity contribution in [3.63, 3.8) is 0 Å². The third-order valence-corrected chi connectivity index (χ3v) is 5.77. The zero-order chi connectivity index (χ0) is 21.0. The van der Waals surface area contributed by atoms with E-state index in [0.29, 0.717) is 39.3 Å². The average Bonchev–Trinajstić information content (AvgIpc) is 3.15. The van der Waals surface area contributed by atoms with Gasteiger partial charge in [0.1, 0.15) is 17.0 Å². The standard InChI is InChI=1S/C21H24ClN3O3S/c1-24(2)9-6-10-25(21-23-19-17(22)7-5-8-18(19)29-21)20(26)14-11-15(27-3)13-16(12-14)28-4/h5,7-8,11-13H,6,9-10H2,1-4H3. The van der Waals surface area contributed by atoms with Crippen LogP contribution < -0.4 is 14.4 Å². The van der Waals surface area contributed by atoms with Crippen LogP contribution >= 0.6 is 22.9 Å². The molecule has 29 heavy (non-hydrogen) atoms. The second-order valence-corrected chi connectivity index (χ2v) is 8.21. The molecule has 0 bridgehead atoms. The Bertz CT molecular complexity index is 984. The average molecular weight is 434 g/mol. The largest absolute Gasteiger partial charge is 0.497 e. The molecule has 0 saturated carbocycles. The quantitative estimate of drug-likeness (QED) is 0.521. The van der Waals surface area contributed by atoms with E-state index in [2.05, 4.69) is 9.88 Å². The van der Waals surface area contributed by atoms with E-state index in [4.69, 9.17) is 21.1 Å². The van der Waals surface area contributed by atoms with Crippen LogP contribution in [0.4, 0.5) is 5.13 Å². The van der Waals surface area contributed by atoms with Crippen molar-refractivity contribution in [1.29, 1.82) is 0 Å². The van der Waals surface area contributed by atoms with E-state index >= 15 is 0 Å². The van der Waals surface area contributed by atoms with Crippen molar-refractivity contribution in [2.45, 2.75) is 6.42 Å². The summed E-state index contributed by atoms with van der Waals surface area (Å²) in [5, 5.41) is 1.20. The van der Waals surface area contributed by atoms with Crippen LogP contribution in [0.1, 0.15) is 16.8 Å². The monoisotopic (exact) mass is 433 g/mol. The number of methoxy groups -OCH3 is 2. The number of benzene rings is 2. The Labute approximate surface area is 179 Å².